The maximum atomic E-state index is 11.8. The molecule has 2 aromatic carbocycles. The molecule has 1 fully saturated rings. The van der Waals surface area contributed by atoms with Crippen LogP contribution in [0.2, 0.25) is 5.02 Å². The number of piperidine rings is 1. The van der Waals surface area contributed by atoms with Crippen molar-refractivity contribution >= 4 is 34.2 Å². The Balaban J connectivity index is 1.54. The van der Waals surface area contributed by atoms with Gasteiger partial charge in [0.25, 0.3) is 0 Å². The summed E-state index contributed by atoms with van der Waals surface area (Å²) in [5, 5.41) is 4.89. The van der Waals surface area contributed by atoms with Gasteiger partial charge in [-0.25, -0.2) is 9.97 Å². The minimum Gasteiger partial charge on any atom is -0.493 e. The van der Waals surface area contributed by atoms with Crippen LogP contribution in [0.1, 0.15) is 18.4 Å². The largest absolute Gasteiger partial charge is 0.493 e. The molecule has 1 saturated heterocycles. The molecule has 1 N–H and O–H groups in total. The lowest BCUT2D eigenvalue weighted by Crippen LogP contribution is -2.41. The number of methoxy groups -OCH3 is 1. The Labute approximate surface area is 192 Å². The molecule has 1 aliphatic heterocycles. The van der Waals surface area contributed by atoms with E-state index in [2.05, 4.69) is 21.9 Å². The number of halogens is 1. The first-order valence-corrected chi connectivity index (χ1v) is 10.8. The fourth-order valence-corrected chi connectivity index (χ4v) is 4.00. The number of nitrogens with one attached hydrogen (secondary N) is 1. The van der Waals surface area contributed by atoms with Crippen molar-refractivity contribution in [2.24, 2.45) is 0 Å². The second-order valence-electron chi connectivity index (χ2n) is 7.57. The highest BCUT2D eigenvalue weighted by atomic mass is 35.5. The highest BCUT2D eigenvalue weighted by molar-refractivity contribution is 6.30. The second-order valence-corrected chi connectivity index (χ2v) is 8.01. The van der Waals surface area contributed by atoms with Gasteiger partial charge in [-0.1, -0.05) is 30.3 Å². The van der Waals surface area contributed by atoms with Gasteiger partial charge in [-0.3, -0.25) is 4.79 Å². The molecule has 0 saturated carbocycles. The topological polar surface area (TPSA) is 76.6 Å². The number of aromatic nitrogens is 2. The Bertz CT molecular complexity index is 1130. The quantitative estimate of drug-likeness (QED) is 0.533. The van der Waals surface area contributed by atoms with Crippen LogP contribution < -0.4 is 14.8 Å². The third-order valence-electron chi connectivity index (χ3n) is 5.49. The second kappa shape index (κ2) is 9.87. The summed E-state index contributed by atoms with van der Waals surface area (Å²) in [6, 6.07) is 11.5. The van der Waals surface area contributed by atoms with Gasteiger partial charge in [-0.2, -0.15) is 0 Å². The highest BCUT2D eigenvalue weighted by Gasteiger charge is 2.24. The highest BCUT2D eigenvalue weighted by Crippen LogP contribution is 2.35. The zero-order valence-corrected chi connectivity index (χ0v) is 18.6. The standard InChI is InChI=1S/C24H25ClN4O3/c1-3-23(30)29-9-7-18(8-10-29)32-22-12-19-20(13-21(22)31-2)27-15-28-24(19)26-14-16-5-4-6-17(25)11-16/h3-6,11-13,15,18H,1,7-10,14H2,2H3,(H,26,27,28). The van der Waals surface area contributed by atoms with E-state index in [-0.39, 0.29) is 12.0 Å². The molecule has 0 atom stereocenters. The predicted octanol–water partition coefficient (Wildman–Crippen LogP) is 4.46. The van der Waals surface area contributed by atoms with E-state index in [4.69, 9.17) is 21.1 Å². The Morgan fingerprint density at radius 3 is 2.78 bits per heavy atom. The summed E-state index contributed by atoms with van der Waals surface area (Å²) >= 11 is 6.09. The first-order valence-electron chi connectivity index (χ1n) is 10.5. The fourth-order valence-electron chi connectivity index (χ4n) is 3.79. The van der Waals surface area contributed by atoms with Crippen LogP contribution in [-0.4, -0.2) is 47.1 Å². The summed E-state index contributed by atoms with van der Waals surface area (Å²) in [5.41, 5.74) is 1.80. The predicted molar refractivity (Wildman–Crippen MR) is 125 cm³/mol. The van der Waals surface area contributed by atoms with Gasteiger partial charge in [0, 0.05) is 49.0 Å². The van der Waals surface area contributed by atoms with Gasteiger partial charge in [0.15, 0.2) is 11.5 Å². The number of ether oxygens (including phenoxy) is 2. The minimum atomic E-state index is -0.0423. The number of benzene rings is 2. The lowest BCUT2D eigenvalue weighted by atomic mass is 10.1. The minimum absolute atomic E-state index is 0.0114. The molecule has 0 bridgehead atoms. The molecule has 4 rings (SSSR count). The van der Waals surface area contributed by atoms with E-state index in [0.717, 1.165) is 29.3 Å². The van der Waals surface area contributed by atoms with E-state index in [1.54, 1.807) is 12.0 Å². The summed E-state index contributed by atoms with van der Waals surface area (Å²) in [6.07, 6.45) is 4.35. The van der Waals surface area contributed by atoms with Crippen molar-refractivity contribution in [3.05, 3.63) is 66.0 Å². The van der Waals surface area contributed by atoms with Crippen molar-refractivity contribution in [1.82, 2.24) is 14.9 Å². The molecule has 0 radical (unpaired) electrons. The van der Waals surface area contributed by atoms with Crippen molar-refractivity contribution in [1.29, 1.82) is 0 Å². The normalized spacial score (nSPS) is 14.2. The van der Waals surface area contributed by atoms with Gasteiger partial charge < -0.3 is 19.7 Å². The van der Waals surface area contributed by atoms with Crippen molar-refractivity contribution < 1.29 is 14.3 Å². The van der Waals surface area contributed by atoms with E-state index in [0.29, 0.717) is 42.0 Å². The monoisotopic (exact) mass is 452 g/mol. The number of nitrogens with zero attached hydrogens (tertiary/aromatic N) is 3. The van der Waals surface area contributed by atoms with E-state index < -0.39 is 0 Å². The van der Waals surface area contributed by atoms with Gasteiger partial charge in [-0.15, -0.1) is 0 Å². The van der Waals surface area contributed by atoms with Crippen LogP contribution in [0.5, 0.6) is 11.5 Å². The Morgan fingerprint density at radius 2 is 2.06 bits per heavy atom. The smallest absolute Gasteiger partial charge is 0.245 e. The van der Waals surface area contributed by atoms with Gasteiger partial charge >= 0.3 is 0 Å². The number of fused-ring (bicyclic) bond motifs is 1. The molecule has 1 aromatic heterocycles. The van der Waals surface area contributed by atoms with Crippen molar-refractivity contribution in [3.63, 3.8) is 0 Å². The van der Waals surface area contributed by atoms with Crippen LogP contribution in [0.3, 0.4) is 0 Å². The summed E-state index contributed by atoms with van der Waals surface area (Å²) in [6.45, 7) is 5.41. The van der Waals surface area contributed by atoms with E-state index in [9.17, 15) is 4.79 Å². The summed E-state index contributed by atoms with van der Waals surface area (Å²) in [4.78, 5) is 22.4. The number of hydrogen-bond donors (Lipinski definition) is 1. The summed E-state index contributed by atoms with van der Waals surface area (Å²) in [5.74, 6) is 1.91. The van der Waals surface area contributed by atoms with Gasteiger partial charge in [0.2, 0.25) is 5.91 Å². The third kappa shape index (κ3) is 4.94. The lowest BCUT2D eigenvalue weighted by molar-refractivity contribution is -0.127. The molecular formula is C24H25ClN4O3. The van der Waals surface area contributed by atoms with Gasteiger partial charge in [0.05, 0.1) is 12.6 Å². The van der Waals surface area contributed by atoms with Crippen LogP contribution in [0, 0.1) is 0 Å². The third-order valence-corrected chi connectivity index (χ3v) is 5.73. The van der Waals surface area contributed by atoms with Crippen molar-refractivity contribution in [3.8, 4) is 11.5 Å². The number of hydrogen-bond acceptors (Lipinski definition) is 6. The molecule has 3 aromatic rings. The lowest BCUT2D eigenvalue weighted by Gasteiger charge is -2.31. The van der Waals surface area contributed by atoms with Crippen LogP contribution in [0.25, 0.3) is 10.9 Å². The SMILES string of the molecule is C=CC(=O)N1CCC(Oc2cc3c(NCc4cccc(Cl)c4)ncnc3cc2OC)CC1. The zero-order chi connectivity index (χ0) is 22.5. The number of rotatable bonds is 7. The van der Waals surface area contributed by atoms with Crippen molar-refractivity contribution in [2.75, 3.05) is 25.5 Å². The number of carbonyl (C=O) groups excluding carboxylic acids is 1. The molecule has 1 aliphatic rings. The Kier molecular flexibility index (Phi) is 6.75. The van der Waals surface area contributed by atoms with Crippen LogP contribution >= 0.6 is 11.6 Å². The summed E-state index contributed by atoms with van der Waals surface area (Å²) < 4.78 is 11.8. The average Bonchev–Trinajstić information content (AvgIpc) is 2.82. The maximum absolute atomic E-state index is 11.8. The van der Waals surface area contributed by atoms with E-state index in [1.165, 1.54) is 12.4 Å². The van der Waals surface area contributed by atoms with E-state index in [1.807, 2.05) is 36.4 Å². The van der Waals surface area contributed by atoms with E-state index >= 15 is 0 Å². The Hall–Kier alpha value is -3.32. The first-order chi connectivity index (χ1) is 15.6. The van der Waals surface area contributed by atoms with Crippen LogP contribution in [0.4, 0.5) is 5.82 Å². The number of anilines is 1. The molecule has 166 valence electrons. The number of likely N-dealkylation sites (tertiary alicyclic amines) is 1. The maximum Gasteiger partial charge on any atom is 0.245 e. The van der Waals surface area contributed by atoms with Gasteiger partial charge in [-0.05, 0) is 29.8 Å². The van der Waals surface area contributed by atoms with Crippen LogP contribution in [0.15, 0.2) is 55.4 Å². The number of amides is 1. The molecule has 8 heteroatoms. The molecule has 0 spiro atoms. The molecule has 2 heterocycles. The number of carbonyl (C=O) groups is 1. The molecular weight excluding hydrogens is 428 g/mol. The molecule has 1 amide bonds. The van der Waals surface area contributed by atoms with Crippen LogP contribution in [-0.2, 0) is 11.3 Å². The first kappa shape index (κ1) is 21.9. The molecule has 0 unspecified atom stereocenters. The summed E-state index contributed by atoms with van der Waals surface area (Å²) in [7, 11) is 1.61. The molecule has 32 heavy (non-hydrogen) atoms. The average molecular weight is 453 g/mol. The molecule has 7 nitrogen and oxygen atoms in total. The molecule has 0 aliphatic carbocycles. The Morgan fingerprint density at radius 1 is 1.25 bits per heavy atom. The van der Waals surface area contributed by atoms with Gasteiger partial charge in [0.1, 0.15) is 18.2 Å². The zero-order valence-electron chi connectivity index (χ0n) is 17.9. The fraction of sp³-hybridized carbons (Fsp3) is 0.292. The van der Waals surface area contributed by atoms with Crippen molar-refractivity contribution in [2.45, 2.75) is 25.5 Å².